The smallest absolute Gasteiger partial charge is 0.310 e. The summed E-state index contributed by atoms with van der Waals surface area (Å²) in [5, 5.41) is 0. The standard InChI is InChI=1S/C9H17O2/c1-7(2)5-9(10)11-6-8(3)4/h5,7-8H,6H2,1-4H3. The van der Waals surface area contributed by atoms with Crippen LogP contribution >= 0.6 is 0 Å². The zero-order valence-corrected chi connectivity index (χ0v) is 7.76. The average Bonchev–Trinajstić information content (AvgIpc) is 1.82. The first kappa shape index (κ1) is 10.5. The van der Waals surface area contributed by atoms with E-state index in [1.165, 1.54) is 0 Å². The molecule has 2 nitrogen and oxygen atoms in total. The van der Waals surface area contributed by atoms with Crippen molar-refractivity contribution in [1.82, 2.24) is 0 Å². The Kier molecular flexibility index (Phi) is 4.92. The van der Waals surface area contributed by atoms with Crippen molar-refractivity contribution in [1.29, 1.82) is 0 Å². The van der Waals surface area contributed by atoms with Crippen LogP contribution in [0.15, 0.2) is 0 Å². The molecule has 0 atom stereocenters. The first-order chi connectivity index (χ1) is 5.02. The third-order valence-electron chi connectivity index (χ3n) is 1.03. The summed E-state index contributed by atoms with van der Waals surface area (Å²) in [7, 11) is 0. The van der Waals surface area contributed by atoms with Crippen LogP contribution in [-0.2, 0) is 9.53 Å². The molecule has 0 N–H and O–H groups in total. The number of hydrogen-bond donors (Lipinski definition) is 0. The van der Waals surface area contributed by atoms with Crippen LogP contribution in [0.1, 0.15) is 27.7 Å². The predicted molar refractivity (Wildman–Crippen MR) is 44.9 cm³/mol. The number of ether oxygens (including phenoxy) is 1. The van der Waals surface area contributed by atoms with E-state index in [1.54, 1.807) is 6.42 Å². The molecule has 0 aliphatic rings. The number of carbonyl (C=O) groups is 1. The Labute approximate surface area is 68.9 Å². The highest BCUT2D eigenvalue weighted by Gasteiger charge is 2.06. The molecular weight excluding hydrogens is 140 g/mol. The summed E-state index contributed by atoms with van der Waals surface area (Å²) >= 11 is 0. The molecule has 0 aromatic carbocycles. The molecule has 0 heterocycles. The Morgan fingerprint density at radius 1 is 1.36 bits per heavy atom. The van der Waals surface area contributed by atoms with Crippen LogP contribution in [0.5, 0.6) is 0 Å². The lowest BCUT2D eigenvalue weighted by atomic mass is 10.1. The van der Waals surface area contributed by atoms with Crippen LogP contribution in [0, 0.1) is 18.3 Å². The summed E-state index contributed by atoms with van der Waals surface area (Å²) in [6, 6.07) is 0. The van der Waals surface area contributed by atoms with Gasteiger partial charge in [-0.1, -0.05) is 27.7 Å². The lowest BCUT2D eigenvalue weighted by Gasteiger charge is -2.07. The summed E-state index contributed by atoms with van der Waals surface area (Å²) in [4.78, 5) is 10.9. The SMILES string of the molecule is CC(C)[CH]C(=O)OCC(C)C. The molecule has 0 fully saturated rings. The Hall–Kier alpha value is -0.530. The minimum atomic E-state index is -0.200. The number of rotatable bonds is 4. The van der Waals surface area contributed by atoms with Crippen LogP contribution in [0.4, 0.5) is 0 Å². The van der Waals surface area contributed by atoms with Crippen LogP contribution < -0.4 is 0 Å². The maximum Gasteiger partial charge on any atom is 0.310 e. The van der Waals surface area contributed by atoms with E-state index in [0.717, 1.165) is 0 Å². The van der Waals surface area contributed by atoms with Gasteiger partial charge in [0.2, 0.25) is 0 Å². The highest BCUT2D eigenvalue weighted by Crippen LogP contribution is 2.01. The van der Waals surface area contributed by atoms with Gasteiger partial charge in [-0.05, 0) is 11.8 Å². The fourth-order valence-corrected chi connectivity index (χ4v) is 0.569. The van der Waals surface area contributed by atoms with Crippen molar-refractivity contribution in [2.75, 3.05) is 6.61 Å². The first-order valence-corrected chi connectivity index (χ1v) is 4.04. The van der Waals surface area contributed by atoms with Gasteiger partial charge in [0.05, 0.1) is 13.0 Å². The second kappa shape index (κ2) is 5.16. The lowest BCUT2D eigenvalue weighted by Crippen LogP contribution is -2.12. The van der Waals surface area contributed by atoms with Gasteiger partial charge < -0.3 is 4.74 Å². The van der Waals surface area contributed by atoms with Crippen molar-refractivity contribution in [3.8, 4) is 0 Å². The maximum absolute atomic E-state index is 10.9. The molecule has 0 aromatic heterocycles. The summed E-state index contributed by atoms with van der Waals surface area (Å²) < 4.78 is 4.92. The molecular formula is C9H17O2. The van der Waals surface area contributed by atoms with Crippen LogP contribution in [0.3, 0.4) is 0 Å². The van der Waals surface area contributed by atoms with E-state index in [2.05, 4.69) is 0 Å². The van der Waals surface area contributed by atoms with Gasteiger partial charge in [-0.2, -0.15) is 0 Å². The number of esters is 1. The van der Waals surface area contributed by atoms with E-state index in [4.69, 9.17) is 4.74 Å². The predicted octanol–water partition coefficient (Wildman–Crippen LogP) is 2.05. The first-order valence-electron chi connectivity index (χ1n) is 4.04. The van der Waals surface area contributed by atoms with E-state index in [0.29, 0.717) is 12.5 Å². The molecule has 0 saturated carbocycles. The Bertz CT molecular complexity index is 117. The van der Waals surface area contributed by atoms with Gasteiger partial charge in [0, 0.05) is 0 Å². The molecule has 0 bridgehead atoms. The molecule has 0 spiro atoms. The number of carbonyl (C=O) groups excluding carboxylic acids is 1. The van der Waals surface area contributed by atoms with Crippen LogP contribution in [-0.4, -0.2) is 12.6 Å². The van der Waals surface area contributed by atoms with E-state index in [-0.39, 0.29) is 11.9 Å². The van der Waals surface area contributed by atoms with Crippen molar-refractivity contribution < 1.29 is 9.53 Å². The van der Waals surface area contributed by atoms with Gasteiger partial charge >= 0.3 is 5.97 Å². The second-order valence-corrected chi connectivity index (χ2v) is 3.43. The monoisotopic (exact) mass is 157 g/mol. The molecule has 0 unspecified atom stereocenters. The second-order valence-electron chi connectivity index (χ2n) is 3.43. The van der Waals surface area contributed by atoms with Crippen molar-refractivity contribution in [2.45, 2.75) is 27.7 Å². The molecule has 0 aliphatic carbocycles. The normalized spacial score (nSPS) is 10.7. The molecule has 0 aliphatic heterocycles. The summed E-state index contributed by atoms with van der Waals surface area (Å²) in [6.07, 6.45) is 1.59. The molecule has 2 heteroatoms. The van der Waals surface area contributed by atoms with Gasteiger partial charge in [-0.3, -0.25) is 4.79 Å². The maximum atomic E-state index is 10.9. The van der Waals surface area contributed by atoms with Gasteiger partial charge in [0.15, 0.2) is 0 Å². The minimum Gasteiger partial charge on any atom is -0.465 e. The van der Waals surface area contributed by atoms with Crippen molar-refractivity contribution in [3.63, 3.8) is 0 Å². The highest BCUT2D eigenvalue weighted by molar-refractivity contribution is 5.79. The third-order valence-corrected chi connectivity index (χ3v) is 1.03. The summed E-state index contributed by atoms with van der Waals surface area (Å²) in [5.41, 5.74) is 0. The minimum absolute atomic E-state index is 0.200. The zero-order valence-electron chi connectivity index (χ0n) is 7.76. The van der Waals surface area contributed by atoms with Gasteiger partial charge in [-0.15, -0.1) is 0 Å². The fraction of sp³-hybridized carbons (Fsp3) is 0.778. The summed E-state index contributed by atoms with van der Waals surface area (Å²) in [5.74, 6) is 0.489. The van der Waals surface area contributed by atoms with E-state index in [1.807, 2.05) is 27.7 Å². The Morgan fingerprint density at radius 2 is 1.91 bits per heavy atom. The summed E-state index contributed by atoms with van der Waals surface area (Å²) in [6.45, 7) is 8.46. The van der Waals surface area contributed by atoms with Gasteiger partial charge in [0.1, 0.15) is 0 Å². The lowest BCUT2D eigenvalue weighted by molar-refractivity contribution is -0.141. The largest absolute Gasteiger partial charge is 0.465 e. The van der Waals surface area contributed by atoms with E-state index in [9.17, 15) is 4.79 Å². The van der Waals surface area contributed by atoms with Crippen molar-refractivity contribution >= 4 is 5.97 Å². The molecule has 11 heavy (non-hydrogen) atoms. The average molecular weight is 157 g/mol. The molecule has 65 valence electrons. The molecule has 0 saturated heterocycles. The number of hydrogen-bond acceptors (Lipinski definition) is 2. The van der Waals surface area contributed by atoms with Crippen molar-refractivity contribution in [3.05, 3.63) is 6.42 Å². The highest BCUT2D eigenvalue weighted by atomic mass is 16.5. The third kappa shape index (κ3) is 7.37. The zero-order chi connectivity index (χ0) is 8.85. The van der Waals surface area contributed by atoms with Gasteiger partial charge in [0.25, 0.3) is 0 Å². The molecule has 0 aromatic rings. The van der Waals surface area contributed by atoms with Gasteiger partial charge in [-0.25, -0.2) is 0 Å². The van der Waals surface area contributed by atoms with Crippen LogP contribution in [0.25, 0.3) is 0 Å². The molecule has 1 radical (unpaired) electrons. The van der Waals surface area contributed by atoms with E-state index >= 15 is 0 Å². The Balaban J connectivity index is 3.38. The topological polar surface area (TPSA) is 26.3 Å². The molecule has 0 amide bonds. The van der Waals surface area contributed by atoms with Crippen molar-refractivity contribution in [2.24, 2.45) is 11.8 Å². The quantitative estimate of drug-likeness (QED) is 0.584. The molecule has 0 rings (SSSR count). The van der Waals surface area contributed by atoms with Crippen LogP contribution in [0.2, 0.25) is 0 Å². The fourth-order valence-electron chi connectivity index (χ4n) is 0.569. The Morgan fingerprint density at radius 3 is 2.27 bits per heavy atom. The van der Waals surface area contributed by atoms with E-state index < -0.39 is 0 Å².